The molecule has 4 N–H and O–H groups in total. The summed E-state index contributed by atoms with van der Waals surface area (Å²) in [4.78, 5) is 0. The highest BCUT2D eigenvalue weighted by Gasteiger charge is 2.00. The van der Waals surface area contributed by atoms with E-state index in [4.69, 9.17) is 16.7 Å². The average molecular weight is 139 g/mol. The Morgan fingerprint density at radius 2 is 2.22 bits per heavy atom. The second-order valence-corrected chi connectivity index (χ2v) is 2.65. The lowest BCUT2D eigenvalue weighted by Gasteiger charge is -1.78. The van der Waals surface area contributed by atoms with E-state index >= 15 is 0 Å². The van der Waals surface area contributed by atoms with Gasteiger partial charge < -0.3 is 11.5 Å². The summed E-state index contributed by atoms with van der Waals surface area (Å²) in [6.07, 6.45) is 0. The molecule has 46 valence electrons. The van der Waals surface area contributed by atoms with Gasteiger partial charge >= 0.3 is 0 Å². The molecule has 0 aliphatic carbocycles. The number of nitrogen functional groups attached to an aromatic ring is 2. The molecule has 1 aromatic rings. The molecule has 0 unspecified atom stereocenters. The fourth-order valence-electron chi connectivity index (χ4n) is 0.512. The summed E-state index contributed by atoms with van der Waals surface area (Å²) in [5.74, 6) is 0. The van der Waals surface area contributed by atoms with Crippen LogP contribution in [0.5, 0.6) is 0 Å². The molecule has 0 aliphatic rings. The Bertz CT molecular complexity index is 258. The van der Waals surface area contributed by atoms with Crippen LogP contribution in [0.2, 0.25) is 0 Å². The van der Waals surface area contributed by atoms with Gasteiger partial charge in [-0.2, -0.15) is 5.26 Å². The normalized spacial score (nSPS) is 8.78. The van der Waals surface area contributed by atoms with E-state index in [1.54, 1.807) is 6.07 Å². The maximum atomic E-state index is 8.35. The van der Waals surface area contributed by atoms with Crippen LogP contribution in [0.25, 0.3) is 0 Å². The molecule has 0 radical (unpaired) electrons. The van der Waals surface area contributed by atoms with Crippen molar-refractivity contribution in [3.8, 4) is 6.07 Å². The van der Waals surface area contributed by atoms with Gasteiger partial charge in [0, 0.05) is 0 Å². The van der Waals surface area contributed by atoms with Gasteiger partial charge in [-0.15, -0.1) is 11.3 Å². The van der Waals surface area contributed by atoms with Gasteiger partial charge in [0.05, 0.1) is 10.6 Å². The summed E-state index contributed by atoms with van der Waals surface area (Å²) in [5, 5.41) is 9.44. The first-order valence-electron chi connectivity index (χ1n) is 2.29. The molecular weight excluding hydrogens is 134 g/mol. The van der Waals surface area contributed by atoms with Gasteiger partial charge in [-0.1, -0.05) is 0 Å². The van der Waals surface area contributed by atoms with Crippen molar-refractivity contribution in [3.05, 3.63) is 11.6 Å². The van der Waals surface area contributed by atoms with Crippen LogP contribution in [0, 0.1) is 11.3 Å². The minimum atomic E-state index is 0.470. The van der Waals surface area contributed by atoms with Crippen LogP contribution < -0.4 is 11.5 Å². The highest BCUT2D eigenvalue weighted by molar-refractivity contribution is 7.19. The highest BCUT2D eigenvalue weighted by Crippen LogP contribution is 2.25. The molecule has 0 fully saturated rings. The number of anilines is 2. The number of nitrogens with two attached hydrogens (primary N) is 2. The zero-order valence-electron chi connectivity index (χ0n) is 4.59. The van der Waals surface area contributed by atoms with Crippen molar-refractivity contribution in [1.29, 1.82) is 5.26 Å². The molecule has 1 heterocycles. The molecule has 0 spiro atoms. The van der Waals surface area contributed by atoms with Crippen LogP contribution in [0.15, 0.2) is 6.07 Å². The second kappa shape index (κ2) is 1.96. The molecule has 0 bridgehead atoms. The van der Waals surface area contributed by atoms with E-state index in [9.17, 15) is 0 Å². The van der Waals surface area contributed by atoms with Crippen molar-refractivity contribution in [2.75, 3.05) is 11.5 Å². The molecule has 0 amide bonds. The van der Waals surface area contributed by atoms with Gasteiger partial charge in [-0.25, -0.2) is 0 Å². The van der Waals surface area contributed by atoms with Gasteiger partial charge in [0.25, 0.3) is 0 Å². The molecule has 9 heavy (non-hydrogen) atoms. The van der Waals surface area contributed by atoms with Gasteiger partial charge in [0.15, 0.2) is 0 Å². The lowest BCUT2D eigenvalue weighted by Crippen LogP contribution is -1.80. The van der Waals surface area contributed by atoms with Gasteiger partial charge in [0.1, 0.15) is 11.1 Å². The average Bonchev–Trinajstić information content (AvgIpc) is 2.10. The van der Waals surface area contributed by atoms with Gasteiger partial charge in [0.2, 0.25) is 0 Å². The largest absolute Gasteiger partial charge is 0.390 e. The Balaban J connectivity index is 3.20. The molecule has 3 nitrogen and oxygen atoms in total. The van der Waals surface area contributed by atoms with Crippen molar-refractivity contribution < 1.29 is 0 Å². The molecule has 0 aromatic carbocycles. The number of nitriles is 1. The Labute approximate surface area is 56.5 Å². The fraction of sp³-hybridized carbons (Fsp3) is 0. The first kappa shape index (κ1) is 5.92. The first-order valence-corrected chi connectivity index (χ1v) is 3.10. The minimum absolute atomic E-state index is 0.470. The smallest absolute Gasteiger partial charge is 0.106 e. The molecule has 4 heteroatoms. The van der Waals surface area contributed by atoms with Gasteiger partial charge in [-0.3, -0.25) is 0 Å². The van der Waals surface area contributed by atoms with E-state index in [0.29, 0.717) is 15.6 Å². The third kappa shape index (κ3) is 0.952. The highest BCUT2D eigenvalue weighted by atomic mass is 32.1. The second-order valence-electron chi connectivity index (χ2n) is 1.54. The third-order valence-corrected chi connectivity index (χ3v) is 1.69. The summed E-state index contributed by atoms with van der Waals surface area (Å²) in [5.41, 5.74) is 11.2. The third-order valence-electron chi connectivity index (χ3n) is 0.900. The zero-order valence-corrected chi connectivity index (χ0v) is 5.40. The maximum Gasteiger partial charge on any atom is 0.106 e. The predicted molar refractivity (Wildman–Crippen MR) is 37.9 cm³/mol. The van der Waals surface area contributed by atoms with Crippen molar-refractivity contribution in [2.24, 2.45) is 0 Å². The summed E-state index contributed by atoms with van der Waals surface area (Å²) in [6, 6.07) is 3.49. The van der Waals surface area contributed by atoms with Gasteiger partial charge in [-0.05, 0) is 6.07 Å². The maximum absolute atomic E-state index is 8.35. The van der Waals surface area contributed by atoms with E-state index in [2.05, 4.69) is 0 Å². The lowest BCUT2D eigenvalue weighted by molar-refractivity contribution is 1.51. The SMILES string of the molecule is N#Cc1cc(N)sc1N. The summed E-state index contributed by atoms with van der Waals surface area (Å²) in [6.45, 7) is 0. The number of thiophene rings is 1. The standard InChI is InChI=1S/C5H5N3S/c6-2-3-1-4(7)9-5(3)8/h1H,7-8H2. The monoisotopic (exact) mass is 139 g/mol. The summed E-state index contributed by atoms with van der Waals surface area (Å²) in [7, 11) is 0. The van der Waals surface area contributed by atoms with Crippen molar-refractivity contribution in [1.82, 2.24) is 0 Å². The lowest BCUT2D eigenvalue weighted by atomic mass is 10.3. The molecule has 1 rings (SSSR count). The molecule has 1 aromatic heterocycles. The molecule has 0 atom stereocenters. The molecule has 0 aliphatic heterocycles. The number of hydrogen-bond donors (Lipinski definition) is 2. The zero-order chi connectivity index (χ0) is 6.85. The Hall–Kier alpha value is -1.21. The first-order chi connectivity index (χ1) is 4.24. The van der Waals surface area contributed by atoms with Crippen molar-refractivity contribution in [3.63, 3.8) is 0 Å². The summed E-state index contributed by atoms with van der Waals surface area (Å²) < 4.78 is 0. The van der Waals surface area contributed by atoms with E-state index in [1.165, 1.54) is 11.3 Å². The van der Waals surface area contributed by atoms with Crippen molar-refractivity contribution >= 4 is 21.3 Å². The number of hydrogen-bond acceptors (Lipinski definition) is 4. The molecule has 0 saturated heterocycles. The van der Waals surface area contributed by atoms with E-state index < -0.39 is 0 Å². The van der Waals surface area contributed by atoms with Crippen molar-refractivity contribution in [2.45, 2.75) is 0 Å². The van der Waals surface area contributed by atoms with E-state index in [-0.39, 0.29) is 0 Å². The quantitative estimate of drug-likeness (QED) is 0.557. The predicted octanol–water partition coefficient (Wildman–Crippen LogP) is 0.784. The van der Waals surface area contributed by atoms with Crippen LogP contribution in [-0.2, 0) is 0 Å². The Morgan fingerprint density at radius 1 is 1.56 bits per heavy atom. The molecular formula is C5H5N3S. The number of rotatable bonds is 0. The van der Waals surface area contributed by atoms with Crippen LogP contribution in [-0.4, -0.2) is 0 Å². The van der Waals surface area contributed by atoms with Crippen LogP contribution >= 0.6 is 11.3 Å². The topological polar surface area (TPSA) is 75.8 Å². The van der Waals surface area contributed by atoms with E-state index in [1.807, 2.05) is 6.07 Å². The minimum Gasteiger partial charge on any atom is -0.390 e. The summed E-state index contributed by atoms with van der Waals surface area (Å²) >= 11 is 1.23. The Morgan fingerprint density at radius 3 is 2.44 bits per heavy atom. The van der Waals surface area contributed by atoms with E-state index in [0.717, 1.165) is 0 Å². The Kier molecular flexibility index (Phi) is 1.29. The number of nitrogens with zero attached hydrogens (tertiary/aromatic N) is 1. The van der Waals surface area contributed by atoms with Crippen LogP contribution in [0.4, 0.5) is 10.0 Å². The van der Waals surface area contributed by atoms with Crippen LogP contribution in [0.1, 0.15) is 5.56 Å². The fourth-order valence-corrected chi connectivity index (χ4v) is 1.16. The van der Waals surface area contributed by atoms with Crippen LogP contribution in [0.3, 0.4) is 0 Å². The molecule has 0 saturated carbocycles.